The van der Waals surface area contributed by atoms with Crippen molar-refractivity contribution in [2.45, 2.75) is 26.3 Å². The van der Waals surface area contributed by atoms with E-state index < -0.39 is 0 Å². The van der Waals surface area contributed by atoms with E-state index in [4.69, 9.17) is 23.2 Å². The molecular weight excluding hydrogens is 347 g/mol. The molecule has 0 fully saturated rings. The first-order chi connectivity index (χ1) is 11.4. The monoisotopic (exact) mass is 364 g/mol. The molecule has 2 N–H and O–H groups in total. The zero-order valence-electron chi connectivity index (χ0n) is 13.4. The highest BCUT2D eigenvalue weighted by molar-refractivity contribution is 6.42. The van der Waals surface area contributed by atoms with Gasteiger partial charge in [-0.3, -0.25) is 9.59 Å². The Kier molecular flexibility index (Phi) is 6.23. The zero-order valence-corrected chi connectivity index (χ0v) is 14.9. The van der Waals surface area contributed by atoms with Crippen LogP contribution < -0.4 is 10.6 Å². The normalized spacial score (nSPS) is 11.7. The van der Waals surface area contributed by atoms with Crippen molar-refractivity contribution in [2.24, 2.45) is 0 Å². The lowest BCUT2D eigenvalue weighted by Crippen LogP contribution is -2.31. The Morgan fingerprint density at radius 2 is 1.54 bits per heavy atom. The van der Waals surface area contributed by atoms with Crippen LogP contribution in [0.1, 0.15) is 41.0 Å². The number of rotatable bonds is 5. The average Bonchev–Trinajstić information content (AvgIpc) is 2.58. The molecule has 24 heavy (non-hydrogen) atoms. The van der Waals surface area contributed by atoms with Gasteiger partial charge in [0.2, 0.25) is 0 Å². The number of hydrogen-bond donors (Lipinski definition) is 2. The van der Waals surface area contributed by atoms with Crippen LogP contribution in [-0.4, -0.2) is 17.9 Å². The van der Waals surface area contributed by atoms with Crippen molar-refractivity contribution in [3.05, 3.63) is 63.6 Å². The summed E-state index contributed by atoms with van der Waals surface area (Å²) in [5.74, 6) is -0.442. The van der Waals surface area contributed by atoms with Crippen LogP contribution in [0.25, 0.3) is 0 Å². The summed E-state index contributed by atoms with van der Waals surface area (Å²) in [6, 6.07) is 11.4. The van der Waals surface area contributed by atoms with E-state index in [2.05, 4.69) is 10.6 Å². The summed E-state index contributed by atoms with van der Waals surface area (Å²) in [7, 11) is 0. The Bertz CT molecular complexity index is 745. The molecule has 2 rings (SSSR count). The summed E-state index contributed by atoms with van der Waals surface area (Å²) < 4.78 is 0. The molecule has 1 unspecified atom stereocenters. The summed E-state index contributed by atoms with van der Waals surface area (Å²) in [5.41, 5.74) is 1.51. The number of amides is 2. The van der Waals surface area contributed by atoms with Crippen LogP contribution in [0.3, 0.4) is 0 Å². The van der Waals surface area contributed by atoms with Crippen molar-refractivity contribution in [1.29, 1.82) is 0 Å². The molecular formula is C18H18Cl2N2O2. The molecule has 126 valence electrons. The van der Waals surface area contributed by atoms with Crippen molar-refractivity contribution in [3.8, 4) is 0 Å². The Morgan fingerprint density at radius 1 is 0.958 bits per heavy atom. The highest BCUT2D eigenvalue weighted by atomic mass is 35.5. The minimum absolute atomic E-state index is 0.107. The third-order valence-corrected chi connectivity index (χ3v) is 4.32. The van der Waals surface area contributed by atoms with Crippen LogP contribution in [-0.2, 0) is 0 Å². The molecule has 0 spiro atoms. The fourth-order valence-corrected chi connectivity index (χ4v) is 2.26. The lowest BCUT2D eigenvalue weighted by Gasteiger charge is -2.11. The van der Waals surface area contributed by atoms with Crippen LogP contribution in [0.15, 0.2) is 42.5 Å². The first kappa shape index (κ1) is 18.3. The summed E-state index contributed by atoms with van der Waals surface area (Å²) in [5, 5.41) is 6.40. The molecule has 0 heterocycles. The summed E-state index contributed by atoms with van der Waals surface area (Å²) in [6.45, 7) is 3.94. The van der Waals surface area contributed by atoms with Gasteiger partial charge >= 0.3 is 0 Å². The maximum Gasteiger partial charge on any atom is 0.255 e. The maximum absolute atomic E-state index is 12.2. The van der Waals surface area contributed by atoms with Gasteiger partial charge in [0.05, 0.1) is 10.0 Å². The summed E-state index contributed by atoms with van der Waals surface area (Å²) in [6.07, 6.45) is 0.857. The molecule has 1 atom stereocenters. The number of halogens is 2. The summed E-state index contributed by atoms with van der Waals surface area (Å²) >= 11 is 11.8. The van der Waals surface area contributed by atoms with Gasteiger partial charge in [-0.05, 0) is 55.8 Å². The first-order valence-electron chi connectivity index (χ1n) is 7.58. The van der Waals surface area contributed by atoms with E-state index in [1.165, 1.54) is 0 Å². The largest absolute Gasteiger partial charge is 0.350 e. The van der Waals surface area contributed by atoms with Crippen molar-refractivity contribution < 1.29 is 9.59 Å². The van der Waals surface area contributed by atoms with Gasteiger partial charge in [0.15, 0.2) is 0 Å². The van der Waals surface area contributed by atoms with Crippen LogP contribution >= 0.6 is 23.2 Å². The van der Waals surface area contributed by atoms with E-state index in [9.17, 15) is 9.59 Å². The summed E-state index contributed by atoms with van der Waals surface area (Å²) in [4.78, 5) is 24.2. The Balaban J connectivity index is 2.05. The van der Waals surface area contributed by atoms with Gasteiger partial charge in [-0.1, -0.05) is 30.1 Å². The van der Waals surface area contributed by atoms with Crippen molar-refractivity contribution in [2.75, 3.05) is 5.32 Å². The second-order valence-electron chi connectivity index (χ2n) is 5.44. The van der Waals surface area contributed by atoms with Gasteiger partial charge in [-0.15, -0.1) is 0 Å². The minimum Gasteiger partial charge on any atom is -0.350 e. The predicted octanol–water partition coefficient (Wildman–Crippen LogP) is 4.77. The van der Waals surface area contributed by atoms with Crippen LogP contribution in [0, 0.1) is 0 Å². The fraction of sp³-hybridized carbons (Fsp3) is 0.222. The average molecular weight is 365 g/mol. The van der Waals surface area contributed by atoms with E-state index in [0.29, 0.717) is 26.9 Å². The third kappa shape index (κ3) is 4.73. The first-order valence-corrected chi connectivity index (χ1v) is 8.33. The van der Waals surface area contributed by atoms with E-state index in [0.717, 1.165) is 6.42 Å². The van der Waals surface area contributed by atoms with Crippen molar-refractivity contribution in [3.63, 3.8) is 0 Å². The molecule has 6 heteroatoms. The number of anilines is 1. The maximum atomic E-state index is 12.2. The Hall–Kier alpha value is -2.04. The molecule has 2 aromatic rings. The lowest BCUT2D eigenvalue weighted by molar-refractivity contribution is 0.0937. The number of nitrogens with one attached hydrogen (secondary N) is 2. The molecule has 0 saturated heterocycles. The lowest BCUT2D eigenvalue weighted by atomic mass is 10.1. The Labute approximate surface area is 151 Å². The van der Waals surface area contributed by atoms with Gasteiger partial charge in [0.1, 0.15) is 0 Å². The SMILES string of the molecule is CCC(C)NC(=O)c1ccc(C(=O)Nc2ccc(Cl)c(Cl)c2)cc1. The molecule has 4 nitrogen and oxygen atoms in total. The number of benzene rings is 2. The van der Waals surface area contributed by atoms with Crippen LogP contribution in [0.5, 0.6) is 0 Å². The fourth-order valence-electron chi connectivity index (χ4n) is 1.96. The van der Waals surface area contributed by atoms with Gasteiger partial charge < -0.3 is 10.6 Å². The molecule has 2 aromatic carbocycles. The molecule has 0 aliphatic carbocycles. The van der Waals surface area contributed by atoms with Crippen LogP contribution in [0.4, 0.5) is 5.69 Å². The van der Waals surface area contributed by atoms with Crippen molar-refractivity contribution >= 4 is 40.7 Å². The van der Waals surface area contributed by atoms with Crippen LogP contribution in [0.2, 0.25) is 10.0 Å². The molecule has 0 aliphatic heterocycles. The molecule has 0 radical (unpaired) electrons. The van der Waals surface area contributed by atoms with Gasteiger partial charge in [0, 0.05) is 22.9 Å². The minimum atomic E-state index is -0.290. The molecule has 0 saturated carbocycles. The van der Waals surface area contributed by atoms with E-state index in [1.807, 2.05) is 13.8 Å². The van der Waals surface area contributed by atoms with E-state index in [1.54, 1.807) is 42.5 Å². The van der Waals surface area contributed by atoms with E-state index >= 15 is 0 Å². The number of carbonyl (C=O) groups is 2. The second-order valence-corrected chi connectivity index (χ2v) is 6.26. The molecule has 0 aromatic heterocycles. The van der Waals surface area contributed by atoms with Gasteiger partial charge in [-0.25, -0.2) is 0 Å². The standard InChI is InChI=1S/C18H18Cl2N2O2/c1-3-11(2)21-17(23)12-4-6-13(7-5-12)18(24)22-14-8-9-15(19)16(20)10-14/h4-11H,3H2,1-2H3,(H,21,23)(H,22,24). The predicted molar refractivity (Wildman–Crippen MR) is 98.1 cm³/mol. The highest BCUT2D eigenvalue weighted by Gasteiger charge is 2.11. The third-order valence-electron chi connectivity index (χ3n) is 3.58. The smallest absolute Gasteiger partial charge is 0.255 e. The van der Waals surface area contributed by atoms with Gasteiger partial charge in [-0.2, -0.15) is 0 Å². The second kappa shape index (κ2) is 8.18. The van der Waals surface area contributed by atoms with Crippen molar-refractivity contribution in [1.82, 2.24) is 5.32 Å². The number of hydrogen-bond acceptors (Lipinski definition) is 2. The molecule has 0 bridgehead atoms. The molecule has 0 aliphatic rings. The molecule has 2 amide bonds. The topological polar surface area (TPSA) is 58.2 Å². The quantitative estimate of drug-likeness (QED) is 0.802. The van der Waals surface area contributed by atoms with E-state index in [-0.39, 0.29) is 17.9 Å². The highest BCUT2D eigenvalue weighted by Crippen LogP contribution is 2.25. The van der Waals surface area contributed by atoms with Gasteiger partial charge in [0.25, 0.3) is 11.8 Å². The number of carbonyl (C=O) groups excluding carboxylic acids is 2. The Morgan fingerprint density at radius 3 is 2.08 bits per heavy atom. The zero-order chi connectivity index (χ0) is 17.7.